The van der Waals surface area contributed by atoms with Crippen molar-refractivity contribution < 1.29 is 14.4 Å². The van der Waals surface area contributed by atoms with Gasteiger partial charge >= 0.3 is 0 Å². The summed E-state index contributed by atoms with van der Waals surface area (Å²) in [6, 6.07) is 18.1. The van der Waals surface area contributed by atoms with Crippen molar-refractivity contribution in [2.24, 2.45) is 5.41 Å². The zero-order valence-corrected chi connectivity index (χ0v) is 22.7. The van der Waals surface area contributed by atoms with Crippen LogP contribution >= 0.6 is 27.5 Å². The molecule has 3 rings (SSSR count). The van der Waals surface area contributed by atoms with Crippen molar-refractivity contribution >= 4 is 50.7 Å². The van der Waals surface area contributed by atoms with Crippen molar-refractivity contribution in [3.05, 3.63) is 98.0 Å². The third-order valence-corrected chi connectivity index (χ3v) is 6.68. The first-order valence-corrected chi connectivity index (χ1v) is 12.6. The molecule has 0 unspecified atom stereocenters. The van der Waals surface area contributed by atoms with Gasteiger partial charge in [0.1, 0.15) is 5.78 Å². The molecule has 0 saturated heterocycles. The molecule has 0 atom stereocenters. The molecule has 0 radical (unpaired) electrons. The van der Waals surface area contributed by atoms with E-state index >= 15 is 0 Å². The van der Waals surface area contributed by atoms with Crippen molar-refractivity contribution in [1.82, 2.24) is 0 Å². The van der Waals surface area contributed by atoms with Gasteiger partial charge in [0.2, 0.25) is 0 Å². The number of aryl methyl sites for hydroxylation is 2. The molecule has 3 aromatic rings. The maximum atomic E-state index is 13.1. The first-order chi connectivity index (χ1) is 16.4. The van der Waals surface area contributed by atoms with E-state index in [1.54, 1.807) is 18.2 Å². The Morgan fingerprint density at radius 1 is 0.886 bits per heavy atom. The van der Waals surface area contributed by atoms with Gasteiger partial charge in [-0.15, -0.1) is 0 Å². The van der Waals surface area contributed by atoms with Gasteiger partial charge in [-0.05, 0) is 72.5 Å². The third-order valence-electron chi connectivity index (χ3n) is 5.82. The van der Waals surface area contributed by atoms with Gasteiger partial charge in [-0.3, -0.25) is 14.4 Å². The van der Waals surface area contributed by atoms with Gasteiger partial charge in [0.15, 0.2) is 5.78 Å². The Hall–Kier alpha value is -2.76. The van der Waals surface area contributed by atoms with Gasteiger partial charge < -0.3 is 5.32 Å². The van der Waals surface area contributed by atoms with Gasteiger partial charge in [0.25, 0.3) is 5.91 Å². The minimum absolute atomic E-state index is 0.114. The number of carbonyl (C=O) groups excluding carboxylic acids is 3. The van der Waals surface area contributed by atoms with Crippen molar-refractivity contribution in [3.8, 4) is 0 Å². The molecule has 6 heteroatoms. The molecule has 35 heavy (non-hydrogen) atoms. The van der Waals surface area contributed by atoms with Crippen LogP contribution in [0.2, 0.25) is 5.02 Å². The van der Waals surface area contributed by atoms with Crippen LogP contribution in [0.1, 0.15) is 64.6 Å². The predicted molar refractivity (Wildman–Crippen MR) is 146 cm³/mol. The van der Waals surface area contributed by atoms with Crippen LogP contribution < -0.4 is 5.32 Å². The molecular weight excluding hydrogens is 526 g/mol. The lowest BCUT2D eigenvalue weighted by Crippen LogP contribution is -2.20. The molecule has 0 aliphatic heterocycles. The smallest absolute Gasteiger partial charge is 0.255 e. The van der Waals surface area contributed by atoms with Crippen molar-refractivity contribution in [3.63, 3.8) is 0 Å². The Morgan fingerprint density at radius 2 is 1.51 bits per heavy atom. The molecule has 0 spiro atoms. The predicted octanol–water partition coefficient (Wildman–Crippen LogP) is 7.64. The number of anilines is 1. The molecule has 0 aromatic heterocycles. The minimum atomic E-state index is -0.391. The van der Waals surface area contributed by atoms with Crippen LogP contribution in [0.4, 0.5) is 5.69 Å². The largest absolute Gasteiger partial charge is 0.322 e. The van der Waals surface area contributed by atoms with Crippen LogP contribution in [0.3, 0.4) is 0 Å². The number of amides is 1. The van der Waals surface area contributed by atoms with Crippen LogP contribution in [0, 0.1) is 12.3 Å². The van der Waals surface area contributed by atoms with E-state index in [-0.39, 0.29) is 23.9 Å². The number of hydrogen-bond donors (Lipinski definition) is 1. The van der Waals surface area contributed by atoms with Crippen molar-refractivity contribution in [1.29, 1.82) is 0 Å². The van der Waals surface area contributed by atoms with E-state index in [2.05, 4.69) is 21.2 Å². The Morgan fingerprint density at radius 3 is 2.17 bits per heavy atom. The summed E-state index contributed by atoms with van der Waals surface area (Å²) in [5, 5.41) is 3.27. The lowest BCUT2D eigenvalue weighted by atomic mass is 9.87. The fourth-order valence-corrected chi connectivity index (χ4v) is 4.10. The second-order valence-corrected chi connectivity index (χ2v) is 11.0. The highest BCUT2D eigenvalue weighted by Crippen LogP contribution is 2.24. The van der Waals surface area contributed by atoms with Gasteiger partial charge in [-0.25, -0.2) is 0 Å². The van der Waals surface area contributed by atoms with E-state index in [0.29, 0.717) is 34.7 Å². The number of carbonyl (C=O) groups is 3. The van der Waals surface area contributed by atoms with Crippen molar-refractivity contribution in [2.75, 3.05) is 5.32 Å². The summed E-state index contributed by atoms with van der Waals surface area (Å²) in [6.07, 6.45) is 1.08. The van der Waals surface area contributed by atoms with Gasteiger partial charge in [-0.1, -0.05) is 66.5 Å². The van der Waals surface area contributed by atoms with Gasteiger partial charge in [0, 0.05) is 39.5 Å². The van der Waals surface area contributed by atoms with Crippen LogP contribution in [0.25, 0.3) is 0 Å². The molecule has 3 aromatic carbocycles. The SMILES string of the molecule is Cc1ccc(CC(=O)c2cc(CCC(=O)C(C)(C)C)ccc2Cl)cc1C(=O)Nc1ccc(Br)cc1. The average Bonchev–Trinajstić information content (AvgIpc) is 2.80. The first-order valence-electron chi connectivity index (χ1n) is 11.5. The van der Waals surface area contributed by atoms with E-state index in [1.807, 2.05) is 70.2 Å². The van der Waals surface area contributed by atoms with Crippen LogP contribution in [0.5, 0.6) is 0 Å². The summed E-state index contributed by atoms with van der Waals surface area (Å²) in [5.41, 5.74) is 3.68. The number of hydrogen-bond acceptors (Lipinski definition) is 3. The molecule has 0 aliphatic rings. The molecule has 0 saturated carbocycles. The number of nitrogens with one attached hydrogen (secondary N) is 1. The van der Waals surface area contributed by atoms with Crippen LogP contribution in [0.15, 0.2) is 65.1 Å². The fraction of sp³-hybridized carbons (Fsp3) is 0.276. The number of Topliss-reactive ketones (excluding diaryl/α,β-unsaturated/α-hetero) is 2. The highest BCUT2D eigenvalue weighted by molar-refractivity contribution is 9.10. The number of halogens is 2. The lowest BCUT2D eigenvalue weighted by molar-refractivity contribution is -0.126. The highest BCUT2D eigenvalue weighted by Gasteiger charge is 2.21. The quantitative estimate of drug-likeness (QED) is 0.291. The third kappa shape index (κ3) is 7.36. The normalized spacial score (nSPS) is 11.3. The summed E-state index contributed by atoms with van der Waals surface area (Å²) in [5.74, 6) is -0.196. The number of benzene rings is 3. The topological polar surface area (TPSA) is 63.2 Å². The van der Waals surface area contributed by atoms with Gasteiger partial charge in [0.05, 0.1) is 5.02 Å². The Labute approximate surface area is 220 Å². The molecule has 1 amide bonds. The number of ketones is 2. The maximum Gasteiger partial charge on any atom is 0.255 e. The van der Waals surface area contributed by atoms with Gasteiger partial charge in [-0.2, -0.15) is 0 Å². The standard InChI is InChI=1S/C29H29BrClNO3/c1-18-5-6-20(16-23(18)28(35)32-22-11-9-21(30)10-12-22)17-26(33)24-15-19(7-13-25(24)31)8-14-27(34)29(2,3)4/h5-7,9-13,15-16H,8,14,17H2,1-4H3,(H,32,35). The van der Waals surface area contributed by atoms with Crippen LogP contribution in [-0.4, -0.2) is 17.5 Å². The van der Waals surface area contributed by atoms with E-state index in [1.165, 1.54) is 0 Å². The van der Waals surface area contributed by atoms with E-state index in [9.17, 15) is 14.4 Å². The summed E-state index contributed by atoms with van der Waals surface area (Å²) < 4.78 is 0.927. The number of rotatable bonds is 8. The fourth-order valence-electron chi connectivity index (χ4n) is 3.61. The molecule has 0 aliphatic carbocycles. The van der Waals surface area contributed by atoms with E-state index in [4.69, 9.17) is 11.6 Å². The zero-order valence-electron chi connectivity index (χ0n) is 20.4. The summed E-state index contributed by atoms with van der Waals surface area (Å²) in [7, 11) is 0. The first kappa shape index (κ1) is 26.8. The van der Waals surface area contributed by atoms with Crippen LogP contribution in [-0.2, 0) is 17.6 Å². The zero-order chi connectivity index (χ0) is 25.8. The lowest BCUT2D eigenvalue weighted by Gasteiger charge is -2.16. The molecule has 1 N–H and O–H groups in total. The van der Waals surface area contributed by atoms with E-state index in [0.717, 1.165) is 21.2 Å². The summed E-state index contributed by atoms with van der Waals surface area (Å²) >= 11 is 9.73. The monoisotopic (exact) mass is 553 g/mol. The molecule has 0 bridgehead atoms. The molecule has 0 fully saturated rings. The average molecular weight is 555 g/mol. The van der Waals surface area contributed by atoms with E-state index < -0.39 is 5.41 Å². The maximum absolute atomic E-state index is 13.1. The summed E-state index contributed by atoms with van der Waals surface area (Å²) in [4.78, 5) is 38.3. The Balaban J connectivity index is 1.74. The van der Waals surface area contributed by atoms with Crippen molar-refractivity contribution in [2.45, 2.75) is 47.0 Å². The highest BCUT2D eigenvalue weighted by atomic mass is 79.9. The molecular formula is C29H29BrClNO3. The Bertz CT molecular complexity index is 1260. The minimum Gasteiger partial charge on any atom is -0.322 e. The molecule has 0 heterocycles. The molecule has 182 valence electrons. The second kappa shape index (κ2) is 11.3. The second-order valence-electron chi connectivity index (χ2n) is 9.70. The summed E-state index contributed by atoms with van der Waals surface area (Å²) in [6.45, 7) is 7.57. The molecule has 4 nitrogen and oxygen atoms in total. The Kier molecular flexibility index (Phi) is 8.68.